The summed E-state index contributed by atoms with van der Waals surface area (Å²) in [6, 6.07) is 0. The lowest BCUT2D eigenvalue weighted by atomic mass is 9.93. The minimum atomic E-state index is -0.343. The Labute approximate surface area is 116 Å². The third kappa shape index (κ3) is 6.37. The first-order valence-electron chi connectivity index (χ1n) is 6.91. The summed E-state index contributed by atoms with van der Waals surface area (Å²) < 4.78 is 0. The van der Waals surface area contributed by atoms with Gasteiger partial charge in [0.2, 0.25) is 0 Å². The zero-order valence-electron chi connectivity index (χ0n) is 12.7. The molecule has 0 aromatic rings. The van der Waals surface area contributed by atoms with Crippen LogP contribution in [0, 0.1) is 5.92 Å². The average molecular weight is 266 g/mol. The fourth-order valence-corrected chi connectivity index (χ4v) is 1.74. The number of Topliss-reactive ketones (excluding diaryl/α,β-unsaturated/α-hetero) is 2. The Bertz CT molecular complexity index is 385. The largest absolute Gasteiger partial charge is 0.511 e. The molecule has 0 aliphatic heterocycles. The van der Waals surface area contributed by atoms with Crippen LogP contribution < -0.4 is 0 Å². The van der Waals surface area contributed by atoms with Crippen LogP contribution in [-0.2, 0) is 9.59 Å². The summed E-state index contributed by atoms with van der Waals surface area (Å²) in [6.07, 6.45) is 4.70. The molecule has 1 unspecified atom stereocenters. The van der Waals surface area contributed by atoms with E-state index in [4.69, 9.17) is 0 Å². The Balaban J connectivity index is 4.83. The molecule has 0 aromatic heterocycles. The number of unbranched alkanes of at least 4 members (excludes halogenated alkanes) is 1. The Hall–Kier alpha value is -1.38. The highest BCUT2D eigenvalue weighted by Gasteiger charge is 2.23. The molecule has 108 valence electrons. The van der Waals surface area contributed by atoms with Crippen molar-refractivity contribution in [1.29, 1.82) is 0 Å². The van der Waals surface area contributed by atoms with Gasteiger partial charge in [-0.05, 0) is 40.0 Å². The molecule has 0 rings (SSSR count). The molecular formula is C16H26O3. The van der Waals surface area contributed by atoms with Crippen LogP contribution in [0.1, 0.15) is 60.3 Å². The number of aliphatic hydroxyl groups is 1. The molecule has 0 radical (unpaired) electrons. The zero-order valence-corrected chi connectivity index (χ0v) is 12.7. The quantitative estimate of drug-likeness (QED) is 0.179. The van der Waals surface area contributed by atoms with Gasteiger partial charge in [0.15, 0.2) is 11.6 Å². The molecule has 3 heteroatoms. The van der Waals surface area contributed by atoms with Crippen LogP contribution in [0.25, 0.3) is 0 Å². The van der Waals surface area contributed by atoms with Crippen LogP contribution >= 0.6 is 0 Å². The summed E-state index contributed by atoms with van der Waals surface area (Å²) in [5.74, 6) is -0.862. The van der Waals surface area contributed by atoms with Crippen LogP contribution in [0.4, 0.5) is 0 Å². The summed E-state index contributed by atoms with van der Waals surface area (Å²) in [4.78, 5) is 23.6. The van der Waals surface area contributed by atoms with E-state index < -0.39 is 0 Å². The van der Waals surface area contributed by atoms with Crippen molar-refractivity contribution in [3.8, 4) is 0 Å². The van der Waals surface area contributed by atoms with E-state index in [0.717, 1.165) is 12.8 Å². The molecule has 0 aromatic carbocycles. The highest BCUT2D eigenvalue weighted by atomic mass is 16.3. The summed E-state index contributed by atoms with van der Waals surface area (Å²) in [6.45, 7) is 9.04. The molecule has 1 atom stereocenters. The predicted octanol–water partition coefficient (Wildman–Crippen LogP) is 4.14. The van der Waals surface area contributed by atoms with Crippen molar-refractivity contribution >= 4 is 11.6 Å². The number of carbonyl (C=O) groups excluding carboxylic acids is 2. The van der Waals surface area contributed by atoms with Crippen molar-refractivity contribution in [2.45, 2.75) is 60.3 Å². The molecule has 0 heterocycles. The third-order valence-electron chi connectivity index (χ3n) is 3.12. The van der Waals surface area contributed by atoms with Gasteiger partial charge in [0.1, 0.15) is 5.76 Å². The highest BCUT2D eigenvalue weighted by Crippen LogP contribution is 2.18. The van der Waals surface area contributed by atoms with Gasteiger partial charge >= 0.3 is 0 Å². The summed E-state index contributed by atoms with van der Waals surface area (Å²) in [5, 5.41) is 9.98. The van der Waals surface area contributed by atoms with Gasteiger partial charge in [0.25, 0.3) is 0 Å². The molecule has 0 bridgehead atoms. The Morgan fingerprint density at radius 3 is 2.21 bits per heavy atom. The van der Waals surface area contributed by atoms with E-state index in [1.54, 1.807) is 6.92 Å². The number of aliphatic hydroxyl groups excluding tert-OH is 1. The minimum Gasteiger partial charge on any atom is -0.511 e. The van der Waals surface area contributed by atoms with Crippen molar-refractivity contribution in [2.24, 2.45) is 5.92 Å². The summed E-state index contributed by atoms with van der Waals surface area (Å²) >= 11 is 0. The monoisotopic (exact) mass is 266 g/mol. The van der Waals surface area contributed by atoms with Gasteiger partial charge in [-0.1, -0.05) is 25.5 Å². The molecule has 0 fully saturated rings. The second kappa shape index (κ2) is 8.68. The fourth-order valence-electron chi connectivity index (χ4n) is 1.74. The first-order valence-corrected chi connectivity index (χ1v) is 6.91. The highest BCUT2D eigenvalue weighted by molar-refractivity contribution is 6.20. The first kappa shape index (κ1) is 17.6. The van der Waals surface area contributed by atoms with E-state index in [2.05, 4.69) is 6.08 Å². The van der Waals surface area contributed by atoms with Crippen molar-refractivity contribution in [2.75, 3.05) is 0 Å². The van der Waals surface area contributed by atoms with Crippen LogP contribution in [-0.4, -0.2) is 16.7 Å². The Morgan fingerprint density at radius 2 is 1.79 bits per heavy atom. The average Bonchev–Trinajstić information content (AvgIpc) is 2.32. The van der Waals surface area contributed by atoms with Gasteiger partial charge in [0.05, 0.1) is 5.57 Å². The van der Waals surface area contributed by atoms with Crippen LogP contribution in [0.5, 0.6) is 0 Å². The maximum Gasteiger partial charge on any atom is 0.172 e. The summed E-state index contributed by atoms with van der Waals surface area (Å²) in [5.41, 5.74) is 1.22. The van der Waals surface area contributed by atoms with Crippen LogP contribution in [0.15, 0.2) is 23.0 Å². The third-order valence-corrected chi connectivity index (χ3v) is 3.12. The van der Waals surface area contributed by atoms with E-state index in [0.29, 0.717) is 12.8 Å². The van der Waals surface area contributed by atoms with Gasteiger partial charge in [-0.25, -0.2) is 0 Å². The van der Waals surface area contributed by atoms with Crippen molar-refractivity contribution < 1.29 is 14.7 Å². The van der Waals surface area contributed by atoms with Crippen LogP contribution in [0.2, 0.25) is 0 Å². The lowest BCUT2D eigenvalue weighted by Gasteiger charge is -2.11. The molecule has 0 aliphatic rings. The normalized spacial score (nSPS) is 13.5. The Kier molecular flexibility index (Phi) is 8.05. The lowest BCUT2D eigenvalue weighted by molar-refractivity contribution is -0.123. The van der Waals surface area contributed by atoms with Crippen molar-refractivity contribution in [3.05, 3.63) is 23.0 Å². The molecule has 19 heavy (non-hydrogen) atoms. The molecule has 3 nitrogen and oxygen atoms in total. The summed E-state index contributed by atoms with van der Waals surface area (Å²) in [7, 11) is 0. The van der Waals surface area contributed by atoms with Crippen molar-refractivity contribution in [1.82, 2.24) is 0 Å². The van der Waals surface area contributed by atoms with Gasteiger partial charge in [-0.15, -0.1) is 0 Å². The van der Waals surface area contributed by atoms with Crippen molar-refractivity contribution in [3.63, 3.8) is 0 Å². The zero-order chi connectivity index (χ0) is 15.0. The number of hydrogen-bond acceptors (Lipinski definition) is 3. The smallest absolute Gasteiger partial charge is 0.172 e. The molecule has 0 aliphatic carbocycles. The van der Waals surface area contributed by atoms with Gasteiger partial charge in [-0.3, -0.25) is 9.59 Å². The standard InChI is InChI=1S/C16H26O3/c1-6-12(4)16(19)15(13(5)17)14(18)10-8-7-9-11(2)3/h9,12,18H,6-8,10H2,1-5H3/b15-14-. The molecule has 1 N–H and O–H groups in total. The Morgan fingerprint density at radius 1 is 1.21 bits per heavy atom. The van der Waals surface area contributed by atoms with Gasteiger partial charge < -0.3 is 5.11 Å². The number of rotatable bonds is 8. The van der Waals surface area contributed by atoms with E-state index >= 15 is 0 Å². The number of carbonyl (C=O) groups is 2. The van der Waals surface area contributed by atoms with Gasteiger partial charge in [0, 0.05) is 12.3 Å². The number of hydrogen-bond donors (Lipinski definition) is 1. The van der Waals surface area contributed by atoms with Gasteiger partial charge in [-0.2, -0.15) is 0 Å². The minimum absolute atomic E-state index is 0.00782. The SMILES string of the molecule is CCC(C)C(=O)/C(C(C)=O)=C(\O)CCCC=C(C)C. The maximum absolute atomic E-state index is 12.0. The second-order valence-electron chi connectivity index (χ2n) is 5.23. The number of ketones is 2. The lowest BCUT2D eigenvalue weighted by Crippen LogP contribution is -2.19. The molecule has 0 spiro atoms. The predicted molar refractivity (Wildman–Crippen MR) is 78.1 cm³/mol. The van der Waals surface area contributed by atoms with E-state index in [9.17, 15) is 14.7 Å². The van der Waals surface area contributed by atoms with E-state index in [1.807, 2.05) is 20.8 Å². The fraction of sp³-hybridized carbons (Fsp3) is 0.625. The molecular weight excluding hydrogens is 240 g/mol. The second-order valence-corrected chi connectivity index (χ2v) is 5.23. The molecule has 0 saturated heterocycles. The maximum atomic E-state index is 12.0. The molecule has 0 amide bonds. The van der Waals surface area contributed by atoms with Crippen LogP contribution in [0.3, 0.4) is 0 Å². The number of allylic oxidation sites excluding steroid dienone is 4. The molecule has 0 saturated carbocycles. The first-order chi connectivity index (χ1) is 8.81. The topological polar surface area (TPSA) is 54.4 Å². The van der Waals surface area contributed by atoms with E-state index in [-0.39, 0.29) is 28.8 Å². The van der Waals surface area contributed by atoms with E-state index in [1.165, 1.54) is 12.5 Å².